The number of aromatic nitrogens is 2. The second-order valence-corrected chi connectivity index (χ2v) is 3.89. The molecule has 1 heterocycles. The molecule has 0 radical (unpaired) electrons. The zero-order valence-corrected chi connectivity index (χ0v) is 9.16. The number of hydrogen-bond acceptors (Lipinski definition) is 2. The molecule has 3 nitrogen and oxygen atoms in total. The lowest BCUT2D eigenvalue weighted by Gasteiger charge is -2.05. The summed E-state index contributed by atoms with van der Waals surface area (Å²) in [6.45, 7) is 7.07. The minimum atomic E-state index is 0.158. The molecule has 0 atom stereocenters. The van der Waals surface area contributed by atoms with Crippen LogP contribution in [0.2, 0.25) is 0 Å². The van der Waals surface area contributed by atoms with E-state index < -0.39 is 0 Å². The fraction of sp³-hybridized carbons (Fsp3) is 0.636. The van der Waals surface area contributed by atoms with Gasteiger partial charge in [0.15, 0.2) is 11.6 Å². The molecule has 0 fully saturated rings. The highest BCUT2D eigenvalue weighted by atomic mass is 16.1. The van der Waals surface area contributed by atoms with Gasteiger partial charge in [-0.15, -0.1) is 0 Å². The van der Waals surface area contributed by atoms with E-state index in [0.717, 1.165) is 13.0 Å². The summed E-state index contributed by atoms with van der Waals surface area (Å²) in [4.78, 5) is 15.8. The van der Waals surface area contributed by atoms with E-state index in [9.17, 15) is 4.79 Å². The molecule has 14 heavy (non-hydrogen) atoms. The molecule has 0 saturated heterocycles. The predicted molar refractivity (Wildman–Crippen MR) is 56.3 cm³/mol. The second kappa shape index (κ2) is 4.94. The molecule has 0 bridgehead atoms. The van der Waals surface area contributed by atoms with Crippen LogP contribution in [0.5, 0.6) is 0 Å². The van der Waals surface area contributed by atoms with Crippen LogP contribution in [-0.4, -0.2) is 15.3 Å². The van der Waals surface area contributed by atoms with Gasteiger partial charge in [0.25, 0.3) is 0 Å². The molecule has 0 aliphatic carbocycles. The summed E-state index contributed by atoms with van der Waals surface area (Å²) in [5, 5.41) is 0. The molecule has 78 valence electrons. The van der Waals surface area contributed by atoms with Crippen molar-refractivity contribution in [3.63, 3.8) is 0 Å². The highest BCUT2D eigenvalue weighted by Gasteiger charge is 2.11. The van der Waals surface area contributed by atoms with Gasteiger partial charge in [0, 0.05) is 25.4 Å². The van der Waals surface area contributed by atoms with Crippen molar-refractivity contribution in [1.82, 2.24) is 9.55 Å². The minimum Gasteiger partial charge on any atom is -0.329 e. The van der Waals surface area contributed by atoms with E-state index in [1.165, 1.54) is 0 Å². The summed E-state index contributed by atoms with van der Waals surface area (Å²) in [5.74, 6) is 1.34. The Bertz CT molecular complexity index is 302. The first-order valence-electron chi connectivity index (χ1n) is 5.19. The van der Waals surface area contributed by atoms with Crippen LogP contribution in [0.15, 0.2) is 12.4 Å². The monoisotopic (exact) mass is 194 g/mol. The predicted octanol–water partition coefficient (Wildman–Crippen LogP) is 2.52. The maximum absolute atomic E-state index is 11.7. The Morgan fingerprint density at radius 2 is 2.29 bits per heavy atom. The maximum Gasteiger partial charge on any atom is 0.198 e. The average molecular weight is 194 g/mol. The van der Waals surface area contributed by atoms with Crippen molar-refractivity contribution in [2.24, 2.45) is 5.92 Å². The third-order valence-corrected chi connectivity index (χ3v) is 2.25. The summed E-state index contributed by atoms with van der Waals surface area (Å²) in [6, 6.07) is 0. The normalized spacial score (nSPS) is 10.9. The minimum absolute atomic E-state index is 0.158. The number of Topliss-reactive ketones (excluding diaryl/α,β-unsaturated/α-hetero) is 1. The quantitative estimate of drug-likeness (QED) is 0.675. The van der Waals surface area contributed by atoms with Crippen molar-refractivity contribution >= 4 is 5.78 Å². The summed E-state index contributed by atoms with van der Waals surface area (Å²) in [6.07, 6.45) is 5.08. The van der Waals surface area contributed by atoms with Gasteiger partial charge < -0.3 is 4.57 Å². The summed E-state index contributed by atoms with van der Waals surface area (Å²) >= 11 is 0. The van der Waals surface area contributed by atoms with Gasteiger partial charge in [-0.3, -0.25) is 4.79 Å². The fourth-order valence-electron chi connectivity index (χ4n) is 1.35. The van der Waals surface area contributed by atoms with Crippen molar-refractivity contribution in [2.45, 2.75) is 40.2 Å². The third-order valence-electron chi connectivity index (χ3n) is 2.25. The summed E-state index contributed by atoms with van der Waals surface area (Å²) in [7, 11) is 0. The Morgan fingerprint density at radius 3 is 2.86 bits per heavy atom. The van der Waals surface area contributed by atoms with Gasteiger partial charge in [-0.2, -0.15) is 0 Å². The largest absolute Gasteiger partial charge is 0.329 e. The van der Waals surface area contributed by atoms with Gasteiger partial charge >= 0.3 is 0 Å². The van der Waals surface area contributed by atoms with Crippen molar-refractivity contribution in [1.29, 1.82) is 0 Å². The van der Waals surface area contributed by atoms with E-state index in [2.05, 4.69) is 18.8 Å². The number of rotatable bonds is 5. The van der Waals surface area contributed by atoms with Gasteiger partial charge in [0.1, 0.15) is 0 Å². The molecular weight excluding hydrogens is 176 g/mol. The van der Waals surface area contributed by atoms with E-state index in [4.69, 9.17) is 0 Å². The fourth-order valence-corrected chi connectivity index (χ4v) is 1.35. The first-order valence-corrected chi connectivity index (χ1v) is 5.19. The van der Waals surface area contributed by atoms with E-state index >= 15 is 0 Å². The van der Waals surface area contributed by atoms with E-state index in [1.54, 1.807) is 6.20 Å². The van der Waals surface area contributed by atoms with Crippen LogP contribution < -0.4 is 0 Å². The first-order chi connectivity index (χ1) is 6.65. The van der Waals surface area contributed by atoms with Crippen molar-refractivity contribution in [3.05, 3.63) is 18.2 Å². The van der Waals surface area contributed by atoms with Crippen molar-refractivity contribution in [3.8, 4) is 0 Å². The number of carbonyl (C=O) groups is 1. The van der Waals surface area contributed by atoms with Crippen LogP contribution in [0.1, 0.15) is 44.2 Å². The number of nitrogens with zero attached hydrogens (tertiary/aromatic N) is 2. The zero-order chi connectivity index (χ0) is 10.6. The third kappa shape index (κ3) is 2.69. The Kier molecular flexibility index (Phi) is 3.86. The standard InChI is InChI=1S/C11H18N2O/c1-4-13-8-7-12-11(13)10(14)6-5-9(2)3/h7-9H,4-6H2,1-3H3. The van der Waals surface area contributed by atoms with E-state index in [-0.39, 0.29) is 5.78 Å². The lowest BCUT2D eigenvalue weighted by Crippen LogP contribution is -2.09. The molecule has 0 spiro atoms. The molecule has 1 aromatic rings. The van der Waals surface area contributed by atoms with E-state index in [0.29, 0.717) is 18.2 Å². The van der Waals surface area contributed by atoms with Crippen molar-refractivity contribution in [2.75, 3.05) is 0 Å². The SMILES string of the molecule is CCn1ccnc1C(=O)CCC(C)C. The summed E-state index contributed by atoms with van der Waals surface area (Å²) < 4.78 is 1.89. The Labute approximate surface area is 85.2 Å². The molecule has 0 aliphatic rings. The number of imidazole rings is 1. The van der Waals surface area contributed by atoms with E-state index in [1.807, 2.05) is 17.7 Å². The molecule has 0 aromatic carbocycles. The lowest BCUT2D eigenvalue weighted by molar-refractivity contribution is 0.0961. The van der Waals surface area contributed by atoms with Crippen molar-refractivity contribution < 1.29 is 4.79 Å². The Morgan fingerprint density at radius 1 is 1.57 bits per heavy atom. The number of ketones is 1. The zero-order valence-electron chi connectivity index (χ0n) is 9.16. The molecule has 0 saturated carbocycles. The van der Waals surface area contributed by atoms with Crippen LogP contribution in [0.4, 0.5) is 0 Å². The molecule has 1 rings (SSSR count). The molecule has 0 aliphatic heterocycles. The lowest BCUT2D eigenvalue weighted by atomic mass is 10.1. The average Bonchev–Trinajstić information content (AvgIpc) is 2.61. The van der Waals surface area contributed by atoms with Crippen LogP contribution >= 0.6 is 0 Å². The Hall–Kier alpha value is -1.12. The molecule has 0 unspecified atom stereocenters. The maximum atomic E-state index is 11.7. The molecule has 1 aromatic heterocycles. The van der Waals surface area contributed by atoms with Crippen LogP contribution in [0.3, 0.4) is 0 Å². The Balaban J connectivity index is 2.60. The number of hydrogen-bond donors (Lipinski definition) is 0. The molecular formula is C11H18N2O. The van der Waals surface area contributed by atoms with Crippen LogP contribution in [0.25, 0.3) is 0 Å². The van der Waals surface area contributed by atoms with Gasteiger partial charge in [0.05, 0.1) is 0 Å². The van der Waals surface area contributed by atoms with Gasteiger partial charge in [-0.25, -0.2) is 4.98 Å². The summed E-state index contributed by atoms with van der Waals surface area (Å²) in [5.41, 5.74) is 0. The smallest absolute Gasteiger partial charge is 0.198 e. The van der Waals surface area contributed by atoms with Gasteiger partial charge in [0.2, 0.25) is 0 Å². The molecule has 0 N–H and O–H groups in total. The topological polar surface area (TPSA) is 34.9 Å². The first kappa shape index (κ1) is 11.0. The van der Waals surface area contributed by atoms with Gasteiger partial charge in [-0.1, -0.05) is 13.8 Å². The van der Waals surface area contributed by atoms with Crippen LogP contribution in [-0.2, 0) is 6.54 Å². The molecule has 0 amide bonds. The van der Waals surface area contributed by atoms with Crippen LogP contribution in [0, 0.1) is 5.92 Å². The number of aryl methyl sites for hydroxylation is 1. The molecule has 3 heteroatoms. The highest BCUT2D eigenvalue weighted by Crippen LogP contribution is 2.08. The number of carbonyl (C=O) groups excluding carboxylic acids is 1. The van der Waals surface area contributed by atoms with Gasteiger partial charge in [-0.05, 0) is 19.3 Å². The second-order valence-electron chi connectivity index (χ2n) is 3.89. The highest BCUT2D eigenvalue weighted by molar-refractivity contribution is 5.92.